The Labute approximate surface area is 147 Å². The second-order valence-electron chi connectivity index (χ2n) is 6.00. The summed E-state index contributed by atoms with van der Waals surface area (Å²) in [4.78, 5) is 16.4. The molecule has 0 unspecified atom stereocenters. The van der Waals surface area contributed by atoms with Gasteiger partial charge in [-0.2, -0.15) is 0 Å². The van der Waals surface area contributed by atoms with Gasteiger partial charge < -0.3 is 19.8 Å². The fraction of sp³-hybridized carbons (Fsp3) is 0.529. The molecule has 24 heavy (non-hydrogen) atoms. The van der Waals surface area contributed by atoms with Crippen LogP contribution < -0.4 is 10.6 Å². The number of amides is 1. The van der Waals surface area contributed by atoms with Gasteiger partial charge in [0, 0.05) is 19.2 Å². The van der Waals surface area contributed by atoms with Crippen LogP contribution in [0.4, 0.5) is 5.69 Å². The second kappa shape index (κ2) is 9.01. The summed E-state index contributed by atoms with van der Waals surface area (Å²) in [5, 5.41) is 6.29. The normalized spacial score (nSPS) is 15.2. The first-order valence-corrected chi connectivity index (χ1v) is 8.13. The number of methoxy groups -OCH3 is 1. The van der Waals surface area contributed by atoms with Crippen molar-refractivity contribution in [3.8, 4) is 0 Å². The van der Waals surface area contributed by atoms with Gasteiger partial charge in [0.1, 0.15) is 12.1 Å². The van der Waals surface area contributed by atoms with E-state index in [1.807, 2.05) is 18.2 Å². The van der Waals surface area contributed by atoms with E-state index in [9.17, 15) is 4.79 Å². The number of halogens is 1. The molecule has 0 saturated carbocycles. The molecule has 0 aliphatic carbocycles. The highest BCUT2D eigenvalue weighted by atomic mass is 35.5. The summed E-state index contributed by atoms with van der Waals surface area (Å²) in [5.41, 5.74) is 2.18. The summed E-state index contributed by atoms with van der Waals surface area (Å²) >= 11 is 0. The summed E-state index contributed by atoms with van der Waals surface area (Å²) in [6.07, 6.45) is 3.86. The van der Waals surface area contributed by atoms with Crippen molar-refractivity contribution < 1.29 is 13.9 Å². The van der Waals surface area contributed by atoms with Crippen LogP contribution >= 0.6 is 12.4 Å². The maximum Gasteiger partial charge on any atom is 0.224 e. The maximum absolute atomic E-state index is 12.1. The van der Waals surface area contributed by atoms with Crippen molar-refractivity contribution in [2.24, 2.45) is 5.92 Å². The van der Waals surface area contributed by atoms with E-state index in [0.29, 0.717) is 30.4 Å². The van der Waals surface area contributed by atoms with Crippen molar-refractivity contribution in [2.45, 2.75) is 32.3 Å². The predicted octanol–water partition coefficient (Wildman–Crippen LogP) is 3.11. The quantitative estimate of drug-likeness (QED) is 0.834. The molecule has 0 atom stereocenters. The third kappa shape index (κ3) is 4.93. The van der Waals surface area contributed by atoms with E-state index >= 15 is 0 Å². The first kappa shape index (κ1) is 18.7. The monoisotopic (exact) mass is 353 g/mol. The second-order valence-corrected chi connectivity index (χ2v) is 6.00. The van der Waals surface area contributed by atoms with E-state index < -0.39 is 0 Å². The predicted molar refractivity (Wildman–Crippen MR) is 95.4 cm³/mol. The number of anilines is 1. The number of fused-ring (bicyclic) bond motifs is 1. The number of carbonyl (C=O) groups excluding carboxylic acids is 1. The number of hydrogen-bond acceptors (Lipinski definition) is 5. The van der Waals surface area contributed by atoms with Gasteiger partial charge in [0.2, 0.25) is 11.8 Å². The molecular weight excluding hydrogens is 330 g/mol. The van der Waals surface area contributed by atoms with E-state index in [0.717, 1.165) is 30.7 Å². The lowest BCUT2D eigenvalue weighted by Crippen LogP contribution is -2.28. The topological polar surface area (TPSA) is 76.4 Å². The molecule has 7 heteroatoms. The zero-order chi connectivity index (χ0) is 16.1. The third-order valence-corrected chi connectivity index (χ3v) is 4.22. The Kier molecular flexibility index (Phi) is 7.02. The van der Waals surface area contributed by atoms with E-state index in [4.69, 9.17) is 9.15 Å². The number of nitrogens with zero attached hydrogens (tertiary/aromatic N) is 1. The zero-order valence-electron chi connectivity index (χ0n) is 13.8. The van der Waals surface area contributed by atoms with Crippen molar-refractivity contribution in [2.75, 3.05) is 25.5 Å². The van der Waals surface area contributed by atoms with Gasteiger partial charge in [-0.3, -0.25) is 4.79 Å². The Bertz CT molecular complexity index is 668. The Hall–Kier alpha value is -1.63. The molecule has 132 valence electrons. The van der Waals surface area contributed by atoms with Crippen LogP contribution in [0.1, 0.15) is 31.6 Å². The molecular formula is C17H24ClN3O3. The fourth-order valence-corrected chi connectivity index (χ4v) is 2.97. The Balaban J connectivity index is 0.00000208. The summed E-state index contributed by atoms with van der Waals surface area (Å²) in [6, 6.07) is 5.50. The van der Waals surface area contributed by atoms with Crippen LogP contribution in [0.3, 0.4) is 0 Å². The van der Waals surface area contributed by atoms with E-state index in [1.165, 1.54) is 12.8 Å². The number of benzene rings is 1. The SMILES string of the molecule is COCc1nc2cc(NC(=O)CCC3CCNCC3)ccc2o1.Cl. The fourth-order valence-electron chi connectivity index (χ4n) is 2.97. The van der Waals surface area contributed by atoms with Gasteiger partial charge in [0.25, 0.3) is 0 Å². The van der Waals surface area contributed by atoms with Crippen molar-refractivity contribution in [1.29, 1.82) is 0 Å². The van der Waals surface area contributed by atoms with Crippen LogP contribution in [-0.2, 0) is 16.1 Å². The van der Waals surface area contributed by atoms with Gasteiger partial charge in [-0.1, -0.05) is 0 Å². The van der Waals surface area contributed by atoms with Crippen LogP contribution in [0.25, 0.3) is 11.1 Å². The molecule has 1 fully saturated rings. The molecule has 0 bridgehead atoms. The van der Waals surface area contributed by atoms with Crippen molar-refractivity contribution in [1.82, 2.24) is 10.3 Å². The van der Waals surface area contributed by atoms with Gasteiger partial charge in [-0.25, -0.2) is 4.98 Å². The third-order valence-electron chi connectivity index (χ3n) is 4.22. The Morgan fingerprint density at radius 1 is 1.42 bits per heavy atom. The summed E-state index contributed by atoms with van der Waals surface area (Å²) in [6.45, 7) is 2.48. The Morgan fingerprint density at radius 2 is 2.21 bits per heavy atom. The lowest BCUT2D eigenvalue weighted by molar-refractivity contribution is -0.116. The molecule has 1 aliphatic rings. The summed E-state index contributed by atoms with van der Waals surface area (Å²) in [5.74, 6) is 1.26. The average molecular weight is 354 g/mol. The number of hydrogen-bond donors (Lipinski definition) is 2. The van der Waals surface area contributed by atoms with Gasteiger partial charge in [-0.15, -0.1) is 12.4 Å². The number of oxazole rings is 1. The minimum atomic E-state index is 0. The number of carbonyl (C=O) groups is 1. The van der Waals surface area contributed by atoms with E-state index in [2.05, 4.69) is 15.6 Å². The van der Waals surface area contributed by atoms with Crippen LogP contribution in [0.2, 0.25) is 0 Å². The molecule has 2 N–H and O–H groups in total. The van der Waals surface area contributed by atoms with Crippen LogP contribution in [-0.4, -0.2) is 31.1 Å². The van der Waals surface area contributed by atoms with Gasteiger partial charge >= 0.3 is 0 Å². The van der Waals surface area contributed by atoms with E-state index in [1.54, 1.807) is 7.11 Å². The van der Waals surface area contributed by atoms with Crippen LogP contribution in [0.5, 0.6) is 0 Å². The van der Waals surface area contributed by atoms with Gasteiger partial charge in [0.15, 0.2) is 5.58 Å². The highest BCUT2D eigenvalue weighted by molar-refractivity contribution is 5.92. The molecule has 2 heterocycles. The number of ether oxygens (including phenoxy) is 1. The van der Waals surface area contributed by atoms with Crippen molar-refractivity contribution in [3.63, 3.8) is 0 Å². The molecule has 1 aliphatic heterocycles. The number of piperidine rings is 1. The lowest BCUT2D eigenvalue weighted by atomic mass is 9.93. The molecule has 1 aromatic heterocycles. The first-order valence-electron chi connectivity index (χ1n) is 8.13. The Morgan fingerprint density at radius 3 is 2.96 bits per heavy atom. The number of rotatable bonds is 6. The van der Waals surface area contributed by atoms with Gasteiger partial charge in [0.05, 0.1) is 0 Å². The average Bonchev–Trinajstić information content (AvgIpc) is 2.96. The zero-order valence-corrected chi connectivity index (χ0v) is 14.7. The standard InChI is InChI=1S/C17H23N3O3.ClH/c1-22-11-17-20-14-10-13(3-4-15(14)23-17)19-16(21)5-2-12-6-8-18-9-7-12;/h3-4,10,12,18H,2,5-9,11H2,1H3,(H,19,21);1H. The molecule has 6 nitrogen and oxygen atoms in total. The van der Waals surface area contributed by atoms with Crippen molar-refractivity contribution in [3.05, 3.63) is 24.1 Å². The summed E-state index contributed by atoms with van der Waals surface area (Å²) in [7, 11) is 1.60. The smallest absolute Gasteiger partial charge is 0.224 e. The highest BCUT2D eigenvalue weighted by Gasteiger charge is 2.15. The molecule has 3 rings (SSSR count). The van der Waals surface area contributed by atoms with E-state index in [-0.39, 0.29) is 18.3 Å². The molecule has 0 radical (unpaired) electrons. The molecule has 1 aromatic carbocycles. The van der Waals surface area contributed by atoms with Crippen molar-refractivity contribution >= 4 is 35.1 Å². The highest BCUT2D eigenvalue weighted by Crippen LogP contribution is 2.22. The van der Waals surface area contributed by atoms with Crippen LogP contribution in [0, 0.1) is 5.92 Å². The van der Waals surface area contributed by atoms with Gasteiger partial charge in [-0.05, 0) is 56.5 Å². The molecule has 2 aromatic rings. The molecule has 0 spiro atoms. The lowest BCUT2D eigenvalue weighted by Gasteiger charge is -2.22. The number of aromatic nitrogens is 1. The maximum atomic E-state index is 12.1. The first-order chi connectivity index (χ1) is 11.2. The molecule has 1 saturated heterocycles. The largest absolute Gasteiger partial charge is 0.438 e. The van der Waals surface area contributed by atoms with Crippen LogP contribution in [0.15, 0.2) is 22.6 Å². The molecule has 1 amide bonds. The number of nitrogens with one attached hydrogen (secondary N) is 2. The minimum absolute atomic E-state index is 0. The minimum Gasteiger partial charge on any atom is -0.438 e. The summed E-state index contributed by atoms with van der Waals surface area (Å²) < 4.78 is 10.6.